The van der Waals surface area contributed by atoms with Crippen LogP contribution in [0.15, 0.2) is 0 Å². The summed E-state index contributed by atoms with van der Waals surface area (Å²) in [5.74, 6) is 1.10. The van der Waals surface area contributed by atoms with E-state index in [2.05, 4.69) is 20.8 Å². The maximum Gasteiger partial charge on any atom is 0.313 e. The largest absolute Gasteiger partial charge is 0.462 e. The molecule has 0 aliphatic heterocycles. The lowest BCUT2D eigenvalue weighted by Crippen LogP contribution is -2.36. The maximum absolute atomic E-state index is 11.6. The standard InChI is InChI=1S/C14H24O3/c1-9(2)12-6-5-10(3)7-13(12)17-14(16)8-11(4)15/h9-10,12-13H,5-8H2,1-4H3/t10-,12+,13-/m0/s1. The van der Waals surface area contributed by atoms with Crippen molar-refractivity contribution in [2.45, 2.75) is 59.5 Å². The lowest BCUT2D eigenvalue weighted by molar-refractivity contribution is -0.157. The molecule has 0 radical (unpaired) electrons. The van der Waals surface area contributed by atoms with Gasteiger partial charge in [0.15, 0.2) is 0 Å². The van der Waals surface area contributed by atoms with Gasteiger partial charge in [-0.25, -0.2) is 0 Å². The molecule has 0 aromatic rings. The van der Waals surface area contributed by atoms with Crippen LogP contribution in [0.3, 0.4) is 0 Å². The van der Waals surface area contributed by atoms with Crippen molar-refractivity contribution in [2.24, 2.45) is 17.8 Å². The van der Waals surface area contributed by atoms with Gasteiger partial charge in [0.05, 0.1) is 0 Å². The second-order valence-electron chi connectivity index (χ2n) is 5.73. The van der Waals surface area contributed by atoms with Gasteiger partial charge in [-0.3, -0.25) is 9.59 Å². The molecule has 0 heterocycles. The third-order valence-corrected chi connectivity index (χ3v) is 3.64. The van der Waals surface area contributed by atoms with Crippen molar-refractivity contribution in [1.29, 1.82) is 0 Å². The average molecular weight is 240 g/mol. The van der Waals surface area contributed by atoms with Crippen LogP contribution in [0.25, 0.3) is 0 Å². The first-order valence-corrected chi connectivity index (χ1v) is 6.59. The van der Waals surface area contributed by atoms with Crippen molar-refractivity contribution in [1.82, 2.24) is 0 Å². The third-order valence-electron chi connectivity index (χ3n) is 3.64. The fourth-order valence-electron chi connectivity index (χ4n) is 2.66. The molecule has 3 atom stereocenters. The van der Waals surface area contributed by atoms with Gasteiger partial charge in [-0.2, -0.15) is 0 Å². The molecule has 1 fully saturated rings. The molecule has 1 aliphatic carbocycles. The van der Waals surface area contributed by atoms with E-state index in [0.29, 0.717) is 17.8 Å². The summed E-state index contributed by atoms with van der Waals surface area (Å²) in [6.45, 7) is 7.96. The first-order chi connectivity index (χ1) is 7.90. The zero-order chi connectivity index (χ0) is 13.0. The molecule has 0 saturated heterocycles. The SMILES string of the molecule is CC(=O)CC(=O)O[C@H]1C[C@@H](C)CC[C@@H]1C(C)C. The van der Waals surface area contributed by atoms with Crippen LogP contribution in [0, 0.1) is 17.8 Å². The highest BCUT2D eigenvalue weighted by atomic mass is 16.5. The summed E-state index contributed by atoms with van der Waals surface area (Å²) < 4.78 is 5.49. The number of hydrogen-bond donors (Lipinski definition) is 0. The molecule has 0 bridgehead atoms. The molecular weight excluding hydrogens is 216 g/mol. The minimum absolute atomic E-state index is 0.00519. The molecule has 0 aromatic carbocycles. The molecule has 98 valence electrons. The number of carbonyl (C=O) groups is 2. The molecule has 0 N–H and O–H groups in total. The molecule has 0 aromatic heterocycles. The zero-order valence-corrected chi connectivity index (χ0v) is 11.4. The van der Waals surface area contributed by atoms with Gasteiger partial charge in [-0.15, -0.1) is 0 Å². The monoisotopic (exact) mass is 240 g/mol. The summed E-state index contributed by atoms with van der Waals surface area (Å²) >= 11 is 0. The van der Waals surface area contributed by atoms with Gasteiger partial charge in [-0.05, 0) is 37.5 Å². The summed E-state index contributed by atoms with van der Waals surface area (Å²) in [5.41, 5.74) is 0. The van der Waals surface area contributed by atoms with Crippen LogP contribution in [0.2, 0.25) is 0 Å². The van der Waals surface area contributed by atoms with E-state index < -0.39 is 0 Å². The summed E-state index contributed by atoms with van der Waals surface area (Å²) in [5, 5.41) is 0. The van der Waals surface area contributed by atoms with Crippen molar-refractivity contribution in [3.05, 3.63) is 0 Å². The predicted molar refractivity (Wildman–Crippen MR) is 66.5 cm³/mol. The smallest absolute Gasteiger partial charge is 0.313 e. The van der Waals surface area contributed by atoms with Gasteiger partial charge in [0.25, 0.3) is 0 Å². The Kier molecular flexibility index (Phi) is 5.16. The van der Waals surface area contributed by atoms with E-state index in [1.54, 1.807) is 0 Å². The number of rotatable bonds is 4. The molecule has 0 unspecified atom stereocenters. The Labute approximate surface area is 104 Å². The number of ether oxygens (including phenoxy) is 1. The maximum atomic E-state index is 11.6. The Hall–Kier alpha value is -0.860. The van der Waals surface area contributed by atoms with Crippen molar-refractivity contribution in [3.8, 4) is 0 Å². The molecule has 0 amide bonds. The Morgan fingerprint density at radius 3 is 2.47 bits per heavy atom. The second kappa shape index (κ2) is 6.18. The van der Waals surface area contributed by atoms with Gasteiger partial charge < -0.3 is 4.74 Å². The van der Waals surface area contributed by atoms with Crippen molar-refractivity contribution in [2.75, 3.05) is 0 Å². The first kappa shape index (κ1) is 14.2. The summed E-state index contributed by atoms with van der Waals surface area (Å²) in [4.78, 5) is 22.4. The minimum Gasteiger partial charge on any atom is -0.462 e. The Balaban J connectivity index is 2.57. The van der Waals surface area contributed by atoms with Crippen LogP contribution in [0.4, 0.5) is 0 Å². The molecule has 1 saturated carbocycles. The molecule has 17 heavy (non-hydrogen) atoms. The highest BCUT2D eigenvalue weighted by molar-refractivity contribution is 5.94. The van der Waals surface area contributed by atoms with Crippen molar-refractivity contribution < 1.29 is 14.3 Å². The Bertz CT molecular complexity index is 283. The molecule has 1 rings (SSSR count). The molecule has 0 spiro atoms. The lowest BCUT2D eigenvalue weighted by Gasteiger charge is -2.36. The lowest BCUT2D eigenvalue weighted by atomic mass is 9.75. The third kappa shape index (κ3) is 4.49. The van der Waals surface area contributed by atoms with Gasteiger partial charge in [0.1, 0.15) is 18.3 Å². The topological polar surface area (TPSA) is 43.4 Å². The zero-order valence-electron chi connectivity index (χ0n) is 11.4. The van der Waals surface area contributed by atoms with E-state index in [-0.39, 0.29) is 24.3 Å². The second-order valence-corrected chi connectivity index (χ2v) is 5.73. The first-order valence-electron chi connectivity index (χ1n) is 6.59. The summed E-state index contributed by atoms with van der Waals surface area (Å²) in [6.07, 6.45) is 3.19. The quantitative estimate of drug-likeness (QED) is 0.560. The van der Waals surface area contributed by atoms with Gasteiger partial charge >= 0.3 is 5.97 Å². The molecular formula is C14H24O3. The van der Waals surface area contributed by atoms with E-state index in [1.807, 2.05) is 0 Å². The van der Waals surface area contributed by atoms with E-state index in [1.165, 1.54) is 13.3 Å². The number of ketones is 1. The normalized spacial score (nSPS) is 29.1. The predicted octanol–water partition coefficient (Wildman–Crippen LogP) is 2.97. The van der Waals surface area contributed by atoms with Crippen LogP contribution in [0.5, 0.6) is 0 Å². The number of hydrogen-bond acceptors (Lipinski definition) is 3. The van der Waals surface area contributed by atoms with Gasteiger partial charge in [-0.1, -0.05) is 27.2 Å². The van der Waals surface area contributed by atoms with Crippen LogP contribution < -0.4 is 0 Å². The summed E-state index contributed by atoms with van der Waals surface area (Å²) in [6, 6.07) is 0. The van der Waals surface area contributed by atoms with Crippen LogP contribution in [-0.4, -0.2) is 17.9 Å². The molecule has 3 nitrogen and oxygen atoms in total. The number of esters is 1. The number of carbonyl (C=O) groups excluding carboxylic acids is 2. The van der Waals surface area contributed by atoms with Crippen molar-refractivity contribution >= 4 is 11.8 Å². The molecule has 3 heteroatoms. The number of Topliss-reactive ketones (excluding diaryl/α,β-unsaturated/α-hetero) is 1. The minimum atomic E-state index is -0.359. The Morgan fingerprint density at radius 1 is 1.29 bits per heavy atom. The van der Waals surface area contributed by atoms with Gasteiger partial charge in [0.2, 0.25) is 0 Å². The summed E-state index contributed by atoms with van der Waals surface area (Å²) in [7, 11) is 0. The van der Waals surface area contributed by atoms with Crippen LogP contribution >= 0.6 is 0 Å². The fraction of sp³-hybridized carbons (Fsp3) is 0.857. The van der Waals surface area contributed by atoms with E-state index >= 15 is 0 Å². The fourth-order valence-corrected chi connectivity index (χ4v) is 2.66. The van der Waals surface area contributed by atoms with Crippen LogP contribution in [0.1, 0.15) is 53.4 Å². The van der Waals surface area contributed by atoms with E-state index in [4.69, 9.17) is 4.74 Å². The van der Waals surface area contributed by atoms with Gasteiger partial charge in [0, 0.05) is 0 Å². The van der Waals surface area contributed by atoms with E-state index in [0.717, 1.165) is 12.8 Å². The highest BCUT2D eigenvalue weighted by Crippen LogP contribution is 2.35. The molecule has 1 aliphatic rings. The van der Waals surface area contributed by atoms with E-state index in [9.17, 15) is 9.59 Å². The Morgan fingerprint density at radius 2 is 1.94 bits per heavy atom. The highest BCUT2D eigenvalue weighted by Gasteiger charge is 2.33. The van der Waals surface area contributed by atoms with Crippen LogP contribution in [-0.2, 0) is 14.3 Å². The average Bonchev–Trinajstić information content (AvgIpc) is 2.15. The van der Waals surface area contributed by atoms with Crippen molar-refractivity contribution in [3.63, 3.8) is 0 Å².